The minimum Gasteiger partial charge on any atom is -0.373 e. The Hall–Kier alpha value is -3.38. The number of nitrogens with zero attached hydrogens (tertiary/aromatic N) is 1. The summed E-state index contributed by atoms with van der Waals surface area (Å²) in [5.74, 6) is -3.33. The van der Waals surface area contributed by atoms with Crippen molar-refractivity contribution >= 4 is 17.5 Å². The first-order chi connectivity index (χ1) is 17.9. The zero-order valence-electron chi connectivity index (χ0n) is 19.4. The number of aromatic amines is 1. The third-order valence-electron chi connectivity index (χ3n) is 6.04. The number of nitrogens with one attached hydrogen (secondary N) is 2. The van der Waals surface area contributed by atoms with Crippen LogP contribution >= 0.6 is 11.6 Å². The Bertz CT molecular complexity index is 1390. The topological polar surface area (TPSA) is 84.1 Å². The molecule has 1 fully saturated rings. The second-order valence-electron chi connectivity index (χ2n) is 8.73. The van der Waals surface area contributed by atoms with Gasteiger partial charge in [0, 0.05) is 29.1 Å². The Labute approximate surface area is 217 Å². The molecular weight excluding hydrogens is 540 g/mol. The molecular formula is C25H20ClF6N3O3. The summed E-state index contributed by atoms with van der Waals surface area (Å²) >= 11 is 5.93. The monoisotopic (exact) mass is 559 g/mol. The Kier molecular flexibility index (Phi) is 8.12. The molecule has 2 N–H and O–H groups in total. The van der Waals surface area contributed by atoms with Crippen LogP contribution in [0.5, 0.6) is 0 Å². The van der Waals surface area contributed by atoms with E-state index in [0.29, 0.717) is 36.6 Å². The van der Waals surface area contributed by atoms with Gasteiger partial charge in [-0.1, -0.05) is 29.8 Å². The molecule has 1 aromatic heterocycles. The fourth-order valence-corrected chi connectivity index (χ4v) is 4.23. The van der Waals surface area contributed by atoms with E-state index in [9.17, 15) is 31.5 Å². The van der Waals surface area contributed by atoms with E-state index >= 15 is 4.39 Å². The van der Waals surface area contributed by atoms with Crippen molar-refractivity contribution in [1.29, 1.82) is 0 Å². The number of alkyl halides is 5. The van der Waals surface area contributed by atoms with Crippen molar-refractivity contribution in [2.45, 2.75) is 44.7 Å². The number of benzene rings is 2. The molecule has 0 spiro atoms. The van der Waals surface area contributed by atoms with Gasteiger partial charge in [0.15, 0.2) is 0 Å². The van der Waals surface area contributed by atoms with E-state index < -0.39 is 65.0 Å². The van der Waals surface area contributed by atoms with Gasteiger partial charge < -0.3 is 15.0 Å². The first-order valence-corrected chi connectivity index (χ1v) is 11.7. The van der Waals surface area contributed by atoms with Crippen LogP contribution in [0.4, 0.5) is 26.3 Å². The molecule has 2 aromatic carbocycles. The number of H-pyrrole nitrogens is 1. The average molecular weight is 560 g/mol. The van der Waals surface area contributed by atoms with Gasteiger partial charge in [-0.25, -0.2) is 18.2 Å². The van der Waals surface area contributed by atoms with Crippen molar-refractivity contribution in [2.75, 3.05) is 0 Å². The van der Waals surface area contributed by atoms with E-state index in [1.807, 2.05) is 11.1 Å². The smallest absolute Gasteiger partial charge is 0.373 e. The molecule has 1 aliphatic carbocycles. The number of halogens is 7. The summed E-state index contributed by atoms with van der Waals surface area (Å²) in [5.41, 5.74) is -4.46. The molecule has 13 heteroatoms. The average Bonchev–Trinajstić information content (AvgIpc) is 2.81. The van der Waals surface area contributed by atoms with Crippen LogP contribution in [0.1, 0.15) is 41.7 Å². The maximum Gasteiger partial charge on any atom is 0.417 e. The summed E-state index contributed by atoms with van der Waals surface area (Å²) in [6.45, 7) is -0.166. The van der Waals surface area contributed by atoms with Gasteiger partial charge in [-0.2, -0.15) is 13.2 Å². The van der Waals surface area contributed by atoms with Crippen LogP contribution in [-0.4, -0.2) is 22.0 Å². The molecule has 6 nitrogen and oxygen atoms in total. The molecule has 0 unspecified atom stereocenters. The molecule has 0 radical (unpaired) electrons. The van der Waals surface area contributed by atoms with Gasteiger partial charge in [-0.15, -0.1) is 0 Å². The van der Waals surface area contributed by atoms with Crippen molar-refractivity contribution in [2.24, 2.45) is 5.92 Å². The van der Waals surface area contributed by atoms with Gasteiger partial charge in [-0.05, 0) is 36.6 Å². The Morgan fingerprint density at radius 3 is 2.58 bits per heavy atom. The molecule has 0 saturated heterocycles. The number of carbonyl (C=O) groups is 1. The summed E-state index contributed by atoms with van der Waals surface area (Å²) in [5, 5.41) is 3.04. The maximum atomic E-state index is 15.3. The van der Waals surface area contributed by atoms with Crippen LogP contribution in [0.3, 0.4) is 0 Å². The molecule has 0 aliphatic heterocycles. The molecule has 1 heterocycles. The Morgan fingerprint density at radius 2 is 1.92 bits per heavy atom. The van der Waals surface area contributed by atoms with Crippen molar-refractivity contribution in [3.8, 4) is 11.4 Å². The molecule has 1 aliphatic rings. The van der Waals surface area contributed by atoms with Gasteiger partial charge in [0.05, 0.1) is 23.8 Å². The number of aromatic nitrogens is 2. The first-order valence-electron chi connectivity index (χ1n) is 11.3. The molecule has 38 heavy (non-hydrogen) atoms. The number of amides is 1. The van der Waals surface area contributed by atoms with Crippen LogP contribution < -0.4 is 10.9 Å². The van der Waals surface area contributed by atoms with Crippen LogP contribution in [0.25, 0.3) is 11.4 Å². The standard InChI is InChI=1S/C25H20ClF6N3O3/c26-15-3-1-2-12(6-15)11-38-16-7-14(8-16)24(37)33-10-13-4-5-17(25(30,31)32)20(21(13)27)23-34-18(22(28)29)9-19(36)35-23/h1-6,9,14,16,22H,7-8,10-11H2,(H,33,37)(H,34,35,36). The molecule has 3 aromatic rings. The second-order valence-corrected chi connectivity index (χ2v) is 9.16. The van der Waals surface area contributed by atoms with Gasteiger partial charge in [-0.3, -0.25) is 9.59 Å². The lowest BCUT2D eigenvalue weighted by Crippen LogP contribution is -2.42. The largest absolute Gasteiger partial charge is 0.417 e. The summed E-state index contributed by atoms with van der Waals surface area (Å²) in [4.78, 5) is 29.4. The van der Waals surface area contributed by atoms with Crippen molar-refractivity contribution in [3.05, 3.63) is 86.0 Å². The summed E-state index contributed by atoms with van der Waals surface area (Å²) < 4.78 is 87.9. The third-order valence-corrected chi connectivity index (χ3v) is 6.28. The lowest BCUT2D eigenvalue weighted by molar-refractivity contribution is -0.137. The second kappa shape index (κ2) is 11.2. The number of ether oxygens (including phenoxy) is 1. The van der Waals surface area contributed by atoms with Crippen LogP contribution in [0, 0.1) is 11.7 Å². The minimum atomic E-state index is -5.08. The van der Waals surface area contributed by atoms with Crippen molar-refractivity contribution < 1.29 is 35.9 Å². The van der Waals surface area contributed by atoms with Crippen LogP contribution in [0.2, 0.25) is 5.02 Å². The lowest BCUT2D eigenvalue weighted by Gasteiger charge is -2.34. The zero-order valence-corrected chi connectivity index (χ0v) is 20.2. The fourth-order valence-electron chi connectivity index (χ4n) is 4.01. The Morgan fingerprint density at radius 1 is 1.18 bits per heavy atom. The van der Waals surface area contributed by atoms with E-state index in [1.165, 1.54) is 0 Å². The molecule has 4 rings (SSSR count). The molecule has 0 bridgehead atoms. The lowest BCUT2D eigenvalue weighted by atomic mass is 9.81. The van der Waals surface area contributed by atoms with Crippen molar-refractivity contribution in [1.82, 2.24) is 15.3 Å². The van der Waals surface area contributed by atoms with Crippen molar-refractivity contribution in [3.63, 3.8) is 0 Å². The molecule has 0 atom stereocenters. The molecule has 1 saturated carbocycles. The predicted molar refractivity (Wildman–Crippen MR) is 125 cm³/mol. The number of hydrogen-bond donors (Lipinski definition) is 2. The van der Waals surface area contributed by atoms with E-state index in [-0.39, 0.29) is 11.7 Å². The van der Waals surface area contributed by atoms with E-state index in [0.717, 1.165) is 11.6 Å². The molecule has 202 valence electrons. The van der Waals surface area contributed by atoms with E-state index in [2.05, 4.69) is 10.3 Å². The fraction of sp³-hybridized carbons (Fsp3) is 0.320. The van der Waals surface area contributed by atoms with E-state index in [4.69, 9.17) is 16.3 Å². The predicted octanol–water partition coefficient (Wildman–Crippen LogP) is 5.80. The number of hydrogen-bond acceptors (Lipinski definition) is 4. The number of rotatable bonds is 8. The van der Waals surface area contributed by atoms with Gasteiger partial charge in [0.25, 0.3) is 12.0 Å². The highest BCUT2D eigenvalue weighted by molar-refractivity contribution is 6.30. The summed E-state index contributed by atoms with van der Waals surface area (Å²) in [7, 11) is 0. The highest BCUT2D eigenvalue weighted by Gasteiger charge is 2.38. The normalized spacial score (nSPS) is 17.4. The highest BCUT2D eigenvalue weighted by atomic mass is 35.5. The quantitative estimate of drug-likeness (QED) is 0.342. The SMILES string of the molecule is O=C(NCc1ccc(C(F)(F)F)c(-c2nc(C(F)F)cc(=O)[nH]2)c1F)C1CC(OCc2cccc(Cl)c2)C1. The van der Waals surface area contributed by atoms with Gasteiger partial charge in [0.1, 0.15) is 17.3 Å². The van der Waals surface area contributed by atoms with Gasteiger partial charge in [0.2, 0.25) is 5.91 Å². The maximum absolute atomic E-state index is 15.3. The first kappa shape index (κ1) is 27.6. The summed E-state index contributed by atoms with van der Waals surface area (Å²) in [6, 6.07) is 8.89. The third kappa shape index (κ3) is 6.36. The Balaban J connectivity index is 1.44. The minimum absolute atomic E-state index is 0.177. The zero-order chi connectivity index (χ0) is 27.6. The van der Waals surface area contributed by atoms with Crippen LogP contribution in [0.15, 0.2) is 47.3 Å². The summed E-state index contributed by atoms with van der Waals surface area (Å²) in [6.07, 6.45) is -7.72. The highest BCUT2D eigenvalue weighted by Crippen LogP contribution is 2.39. The van der Waals surface area contributed by atoms with E-state index in [1.54, 1.807) is 18.2 Å². The van der Waals surface area contributed by atoms with Crippen LogP contribution in [-0.2, 0) is 28.9 Å². The van der Waals surface area contributed by atoms with Gasteiger partial charge >= 0.3 is 6.18 Å². The number of carbonyl (C=O) groups excluding carboxylic acids is 1. The molecule has 1 amide bonds.